The molecule has 0 radical (unpaired) electrons. The van der Waals surface area contributed by atoms with Crippen molar-refractivity contribution in [1.82, 2.24) is 10.2 Å². The molecule has 1 unspecified atom stereocenters. The average Bonchev–Trinajstić information content (AvgIpc) is 2.73. The Balaban J connectivity index is 2.69. The predicted octanol–water partition coefficient (Wildman–Crippen LogP) is 3.06. The Bertz CT molecular complexity index is 307. The zero-order valence-electron chi connectivity index (χ0n) is 13.6. The number of hydrogen-bond donors (Lipinski definition) is 1. The molecule has 6 heteroatoms. The van der Waals surface area contributed by atoms with E-state index in [1.165, 1.54) is 4.90 Å². The molecule has 0 spiro atoms. The lowest BCUT2D eigenvalue weighted by molar-refractivity contribution is -0.149. The monoisotopic (exact) mass is 310 g/mol. The summed E-state index contributed by atoms with van der Waals surface area (Å²) in [7, 11) is 0. The van der Waals surface area contributed by atoms with Gasteiger partial charge in [0.25, 0.3) is 0 Å². The Morgan fingerprint density at radius 3 is 2.33 bits per heavy atom. The molecule has 0 aromatic heterocycles. The molecule has 21 heavy (non-hydrogen) atoms. The molecule has 1 saturated heterocycles. The molecule has 0 aromatic rings. The highest BCUT2D eigenvalue weighted by atomic mass is 19.4. The number of hydrogen-bond acceptors (Lipinski definition) is 3. The molecule has 1 aliphatic rings. The number of halogens is 3. The summed E-state index contributed by atoms with van der Waals surface area (Å²) in [4.78, 5) is 1.53. The van der Waals surface area contributed by atoms with Crippen molar-refractivity contribution >= 4 is 0 Å². The van der Waals surface area contributed by atoms with Crippen molar-refractivity contribution in [3.05, 3.63) is 0 Å². The Kier molecular flexibility index (Phi) is 6.50. The van der Waals surface area contributed by atoms with Crippen LogP contribution in [0.3, 0.4) is 0 Å². The van der Waals surface area contributed by atoms with Crippen molar-refractivity contribution < 1.29 is 17.9 Å². The molecule has 1 atom stereocenters. The predicted molar refractivity (Wildman–Crippen MR) is 78.4 cm³/mol. The van der Waals surface area contributed by atoms with E-state index in [0.717, 1.165) is 12.8 Å². The summed E-state index contributed by atoms with van der Waals surface area (Å²) in [6, 6.07) is 0. The van der Waals surface area contributed by atoms with Crippen LogP contribution in [0, 0.1) is 5.41 Å². The van der Waals surface area contributed by atoms with Gasteiger partial charge in [0, 0.05) is 30.7 Å². The minimum atomic E-state index is -4.15. The lowest BCUT2D eigenvalue weighted by Gasteiger charge is -2.37. The molecular weight excluding hydrogens is 281 g/mol. The van der Waals surface area contributed by atoms with Crippen molar-refractivity contribution in [3.8, 4) is 0 Å². The van der Waals surface area contributed by atoms with Crippen LogP contribution in [0.2, 0.25) is 0 Å². The maximum Gasteiger partial charge on any atom is 0.401 e. The van der Waals surface area contributed by atoms with Crippen LogP contribution in [0.25, 0.3) is 0 Å². The number of nitrogens with zero attached hydrogens (tertiary/aromatic N) is 1. The zero-order chi connectivity index (χ0) is 16.1. The van der Waals surface area contributed by atoms with E-state index in [1.807, 2.05) is 6.92 Å². The van der Waals surface area contributed by atoms with Gasteiger partial charge < -0.3 is 10.1 Å². The first-order valence-electron chi connectivity index (χ1n) is 7.67. The van der Waals surface area contributed by atoms with Gasteiger partial charge in [0.2, 0.25) is 0 Å². The van der Waals surface area contributed by atoms with Gasteiger partial charge in [0.1, 0.15) is 0 Å². The second-order valence-corrected chi connectivity index (χ2v) is 7.23. The smallest absolute Gasteiger partial charge is 0.381 e. The Morgan fingerprint density at radius 2 is 1.90 bits per heavy atom. The van der Waals surface area contributed by atoms with E-state index in [9.17, 15) is 13.2 Å². The van der Waals surface area contributed by atoms with E-state index >= 15 is 0 Å². The van der Waals surface area contributed by atoms with Gasteiger partial charge in [-0.15, -0.1) is 0 Å². The number of rotatable bonds is 7. The molecule has 0 aromatic carbocycles. The van der Waals surface area contributed by atoms with Crippen molar-refractivity contribution in [1.29, 1.82) is 0 Å². The van der Waals surface area contributed by atoms with Crippen LogP contribution in [0.15, 0.2) is 0 Å². The highest BCUT2D eigenvalue weighted by Crippen LogP contribution is 2.31. The van der Waals surface area contributed by atoms with E-state index in [-0.39, 0.29) is 11.0 Å². The summed E-state index contributed by atoms with van der Waals surface area (Å²) >= 11 is 0. The molecular formula is C15H29F3N2O. The van der Waals surface area contributed by atoms with Crippen LogP contribution in [-0.2, 0) is 4.74 Å². The first kappa shape index (κ1) is 18.7. The van der Waals surface area contributed by atoms with Gasteiger partial charge in [-0.1, -0.05) is 6.92 Å². The van der Waals surface area contributed by atoms with Gasteiger partial charge in [-0.25, -0.2) is 0 Å². The second-order valence-electron chi connectivity index (χ2n) is 7.23. The van der Waals surface area contributed by atoms with E-state index in [4.69, 9.17) is 4.74 Å². The van der Waals surface area contributed by atoms with Gasteiger partial charge in [-0.05, 0) is 40.2 Å². The molecule has 0 aliphatic carbocycles. The van der Waals surface area contributed by atoms with E-state index in [0.29, 0.717) is 32.8 Å². The molecule has 1 rings (SSSR count). The summed E-state index contributed by atoms with van der Waals surface area (Å²) in [5.41, 5.74) is -0.261. The Hall–Kier alpha value is -0.330. The number of nitrogens with one attached hydrogen (secondary N) is 1. The summed E-state index contributed by atoms with van der Waals surface area (Å²) in [6.07, 6.45) is -2.61. The van der Waals surface area contributed by atoms with Crippen molar-refractivity contribution in [2.75, 3.05) is 39.4 Å². The van der Waals surface area contributed by atoms with Crippen molar-refractivity contribution in [2.45, 2.75) is 52.3 Å². The SMILES string of the molecule is CCCN(CC(F)(F)F)CC1(CNC(C)(C)C)CCOC1. The van der Waals surface area contributed by atoms with Crippen LogP contribution in [0.1, 0.15) is 40.5 Å². The third-order valence-electron chi connectivity index (χ3n) is 3.68. The molecule has 0 saturated carbocycles. The molecule has 0 bridgehead atoms. The summed E-state index contributed by atoms with van der Waals surface area (Å²) in [5, 5.41) is 3.43. The van der Waals surface area contributed by atoms with Gasteiger partial charge in [-0.2, -0.15) is 13.2 Å². The summed E-state index contributed by atoms with van der Waals surface area (Å²) in [6.45, 7) is 10.0. The van der Waals surface area contributed by atoms with Crippen molar-refractivity contribution in [3.63, 3.8) is 0 Å². The second kappa shape index (κ2) is 7.29. The highest BCUT2D eigenvalue weighted by Gasteiger charge is 2.40. The fourth-order valence-corrected chi connectivity index (χ4v) is 2.68. The maximum absolute atomic E-state index is 12.7. The zero-order valence-corrected chi connectivity index (χ0v) is 13.6. The maximum atomic E-state index is 12.7. The molecule has 0 amide bonds. The van der Waals surface area contributed by atoms with Gasteiger partial charge >= 0.3 is 6.18 Å². The molecule has 1 N–H and O–H groups in total. The fraction of sp³-hybridized carbons (Fsp3) is 1.00. The first-order valence-corrected chi connectivity index (χ1v) is 7.67. The van der Waals surface area contributed by atoms with Gasteiger partial charge in [-0.3, -0.25) is 4.90 Å². The Morgan fingerprint density at radius 1 is 1.24 bits per heavy atom. The standard InChI is InChI=1S/C15H29F3N2O/c1-5-7-20(11-15(16,17)18)10-14(6-8-21-12-14)9-19-13(2,3)4/h19H,5-12H2,1-4H3. The van der Waals surface area contributed by atoms with Gasteiger partial charge in [0.15, 0.2) is 0 Å². The van der Waals surface area contributed by atoms with E-state index in [2.05, 4.69) is 26.1 Å². The summed E-state index contributed by atoms with van der Waals surface area (Å²) in [5.74, 6) is 0. The van der Waals surface area contributed by atoms with Crippen LogP contribution in [0.5, 0.6) is 0 Å². The molecule has 1 heterocycles. The first-order chi connectivity index (χ1) is 9.55. The van der Waals surface area contributed by atoms with E-state index < -0.39 is 12.7 Å². The minimum Gasteiger partial charge on any atom is -0.381 e. The van der Waals surface area contributed by atoms with E-state index in [1.54, 1.807) is 0 Å². The molecule has 1 fully saturated rings. The molecule has 1 aliphatic heterocycles. The number of alkyl halides is 3. The Labute approximate surface area is 126 Å². The van der Waals surface area contributed by atoms with Gasteiger partial charge in [0.05, 0.1) is 13.2 Å². The lowest BCUT2D eigenvalue weighted by atomic mass is 9.85. The third kappa shape index (κ3) is 7.47. The summed E-state index contributed by atoms with van der Waals surface area (Å²) < 4.78 is 43.6. The highest BCUT2D eigenvalue weighted by molar-refractivity contribution is 4.91. The van der Waals surface area contributed by atoms with Crippen LogP contribution < -0.4 is 5.32 Å². The lowest BCUT2D eigenvalue weighted by Crippen LogP contribution is -2.50. The minimum absolute atomic E-state index is 0.0464. The largest absolute Gasteiger partial charge is 0.401 e. The topological polar surface area (TPSA) is 24.5 Å². The van der Waals surface area contributed by atoms with Crippen LogP contribution in [0.4, 0.5) is 13.2 Å². The average molecular weight is 310 g/mol. The molecule has 126 valence electrons. The third-order valence-corrected chi connectivity index (χ3v) is 3.68. The number of ether oxygens (including phenoxy) is 1. The van der Waals surface area contributed by atoms with Crippen LogP contribution >= 0.6 is 0 Å². The van der Waals surface area contributed by atoms with Crippen LogP contribution in [-0.4, -0.2) is 56.0 Å². The normalized spacial score (nSPS) is 24.0. The van der Waals surface area contributed by atoms with Crippen molar-refractivity contribution in [2.24, 2.45) is 5.41 Å². The quantitative estimate of drug-likeness (QED) is 0.782. The fourth-order valence-electron chi connectivity index (χ4n) is 2.68. The molecule has 3 nitrogen and oxygen atoms in total.